The van der Waals surface area contributed by atoms with Crippen molar-refractivity contribution in [1.29, 1.82) is 0 Å². The highest BCUT2D eigenvalue weighted by Gasteiger charge is 2.26. The van der Waals surface area contributed by atoms with Gasteiger partial charge in [-0.05, 0) is 38.1 Å². The van der Waals surface area contributed by atoms with Crippen molar-refractivity contribution >= 4 is 10.0 Å². The van der Waals surface area contributed by atoms with Gasteiger partial charge in [0.1, 0.15) is 0 Å². The van der Waals surface area contributed by atoms with Crippen LogP contribution < -0.4 is 0 Å². The molecule has 2 N–H and O–H groups in total. The van der Waals surface area contributed by atoms with Gasteiger partial charge in [0.05, 0.1) is 17.1 Å². The van der Waals surface area contributed by atoms with Crippen molar-refractivity contribution in [2.45, 2.75) is 30.8 Å². The highest BCUT2D eigenvalue weighted by atomic mass is 32.2. The van der Waals surface area contributed by atoms with Gasteiger partial charge in [-0.2, -0.15) is 4.31 Å². The molecule has 0 aliphatic carbocycles. The summed E-state index contributed by atoms with van der Waals surface area (Å²) in [4.78, 5) is 0.155. The predicted molar refractivity (Wildman–Crippen MR) is 81.1 cm³/mol. The molecule has 116 valence electrons. The van der Waals surface area contributed by atoms with E-state index in [1.807, 2.05) is 0 Å². The van der Waals surface area contributed by atoms with Crippen LogP contribution in [-0.4, -0.2) is 48.7 Å². The zero-order chi connectivity index (χ0) is 16.1. The molecule has 0 aromatic heterocycles. The van der Waals surface area contributed by atoms with Crippen LogP contribution in [-0.2, 0) is 10.0 Å². The van der Waals surface area contributed by atoms with Crippen LogP contribution >= 0.6 is 0 Å². The molecule has 0 fully saturated rings. The first-order valence-electron chi connectivity index (χ1n) is 6.55. The van der Waals surface area contributed by atoms with Gasteiger partial charge in [0.2, 0.25) is 10.0 Å². The number of nitrogens with zero attached hydrogens (tertiary/aromatic N) is 1. The van der Waals surface area contributed by atoms with Crippen molar-refractivity contribution in [3.63, 3.8) is 0 Å². The van der Waals surface area contributed by atoms with Gasteiger partial charge in [-0.15, -0.1) is 0 Å². The molecule has 6 heteroatoms. The minimum absolute atomic E-state index is 0.00119. The summed E-state index contributed by atoms with van der Waals surface area (Å²) in [5, 5.41) is 18.4. The van der Waals surface area contributed by atoms with Crippen molar-refractivity contribution in [2.75, 3.05) is 20.2 Å². The highest BCUT2D eigenvalue weighted by Crippen LogP contribution is 2.17. The Morgan fingerprint density at radius 2 is 1.81 bits per heavy atom. The Kier molecular flexibility index (Phi) is 5.93. The zero-order valence-electron chi connectivity index (χ0n) is 12.5. The first kappa shape index (κ1) is 17.7. The number of benzene rings is 1. The van der Waals surface area contributed by atoms with Gasteiger partial charge in [-0.3, -0.25) is 0 Å². The maximum atomic E-state index is 12.3. The van der Waals surface area contributed by atoms with E-state index in [-0.39, 0.29) is 18.0 Å². The van der Waals surface area contributed by atoms with Crippen LogP contribution in [0, 0.1) is 11.8 Å². The Hall–Kier alpha value is -1.39. The van der Waals surface area contributed by atoms with Crippen molar-refractivity contribution in [1.82, 2.24) is 4.31 Å². The molecule has 0 saturated carbocycles. The summed E-state index contributed by atoms with van der Waals surface area (Å²) in [5.74, 6) is 5.60. The van der Waals surface area contributed by atoms with Crippen molar-refractivity contribution < 1.29 is 18.6 Å². The molecule has 0 bridgehead atoms. The Bertz CT molecular complexity index is 618. The van der Waals surface area contributed by atoms with Gasteiger partial charge < -0.3 is 10.2 Å². The van der Waals surface area contributed by atoms with Crippen LogP contribution in [0.1, 0.15) is 25.8 Å². The number of likely N-dealkylation sites (N-methyl/N-ethyl adjacent to an activating group) is 1. The quantitative estimate of drug-likeness (QED) is 0.789. The molecule has 0 spiro atoms. The normalized spacial score (nSPS) is 12.1. The van der Waals surface area contributed by atoms with Gasteiger partial charge in [-0.25, -0.2) is 8.42 Å². The molecule has 0 aliphatic rings. The molecule has 0 amide bonds. The lowest BCUT2D eigenvalue weighted by atomic mass is 10.1. The van der Waals surface area contributed by atoms with E-state index in [1.165, 1.54) is 19.2 Å². The van der Waals surface area contributed by atoms with Crippen LogP contribution in [0.25, 0.3) is 0 Å². The molecular weight excluding hydrogens is 290 g/mol. The fraction of sp³-hybridized carbons (Fsp3) is 0.467. The van der Waals surface area contributed by atoms with Crippen LogP contribution in [0.5, 0.6) is 0 Å². The summed E-state index contributed by atoms with van der Waals surface area (Å²) >= 11 is 0. The highest BCUT2D eigenvalue weighted by molar-refractivity contribution is 7.89. The van der Waals surface area contributed by atoms with Gasteiger partial charge in [-0.1, -0.05) is 11.8 Å². The minimum atomic E-state index is -3.63. The third kappa shape index (κ3) is 5.48. The van der Waals surface area contributed by atoms with E-state index in [0.29, 0.717) is 12.0 Å². The van der Waals surface area contributed by atoms with Crippen LogP contribution in [0.15, 0.2) is 29.2 Å². The van der Waals surface area contributed by atoms with Crippen molar-refractivity contribution in [3.05, 3.63) is 29.8 Å². The molecule has 0 radical (unpaired) electrons. The monoisotopic (exact) mass is 311 g/mol. The van der Waals surface area contributed by atoms with E-state index >= 15 is 0 Å². The third-order valence-electron chi connectivity index (χ3n) is 2.64. The van der Waals surface area contributed by atoms with E-state index in [1.54, 1.807) is 26.0 Å². The standard InChI is InChI=1S/C15H21NO4S/c1-15(2,18)12-16(3)21(19,20)14-9-7-13(8-10-14)6-4-5-11-17/h7-10,17-18H,5,11-12H2,1-3H3. The predicted octanol–water partition coefficient (Wildman–Crippen LogP) is 0.812. The van der Waals surface area contributed by atoms with Gasteiger partial charge >= 0.3 is 0 Å². The Labute approximate surface area is 126 Å². The van der Waals surface area contributed by atoms with Crippen LogP contribution in [0.4, 0.5) is 0 Å². The third-order valence-corrected chi connectivity index (χ3v) is 4.46. The lowest BCUT2D eigenvalue weighted by molar-refractivity contribution is 0.0640. The molecule has 0 heterocycles. The second-order valence-electron chi connectivity index (χ2n) is 5.37. The van der Waals surface area contributed by atoms with Crippen LogP contribution in [0.3, 0.4) is 0 Å². The lowest BCUT2D eigenvalue weighted by Gasteiger charge is -2.25. The number of rotatable bonds is 5. The summed E-state index contributed by atoms with van der Waals surface area (Å²) < 4.78 is 25.8. The first-order valence-corrected chi connectivity index (χ1v) is 7.99. The fourth-order valence-corrected chi connectivity index (χ4v) is 3.07. The van der Waals surface area contributed by atoms with E-state index in [9.17, 15) is 13.5 Å². The number of aliphatic hydroxyl groups excluding tert-OH is 1. The minimum Gasteiger partial charge on any atom is -0.395 e. The lowest BCUT2D eigenvalue weighted by Crippen LogP contribution is -2.39. The van der Waals surface area contributed by atoms with E-state index < -0.39 is 15.6 Å². The molecule has 1 aromatic carbocycles. The molecule has 0 aliphatic heterocycles. The Morgan fingerprint density at radius 1 is 1.24 bits per heavy atom. The second-order valence-corrected chi connectivity index (χ2v) is 7.42. The fourth-order valence-electron chi connectivity index (χ4n) is 1.74. The van der Waals surface area contributed by atoms with Crippen molar-refractivity contribution in [3.8, 4) is 11.8 Å². The maximum absolute atomic E-state index is 12.3. The number of aliphatic hydroxyl groups is 2. The largest absolute Gasteiger partial charge is 0.395 e. The summed E-state index contributed by atoms with van der Waals surface area (Å²) in [6.07, 6.45) is 0.383. The molecule has 0 saturated heterocycles. The first-order chi connectivity index (χ1) is 9.66. The average molecular weight is 311 g/mol. The maximum Gasteiger partial charge on any atom is 0.242 e. The Morgan fingerprint density at radius 3 is 2.29 bits per heavy atom. The topological polar surface area (TPSA) is 77.8 Å². The van der Waals surface area contributed by atoms with E-state index in [2.05, 4.69) is 11.8 Å². The molecule has 0 unspecified atom stereocenters. The molecule has 21 heavy (non-hydrogen) atoms. The van der Waals surface area contributed by atoms with Crippen molar-refractivity contribution in [2.24, 2.45) is 0 Å². The SMILES string of the molecule is CN(CC(C)(C)O)S(=O)(=O)c1ccc(C#CCCO)cc1. The Balaban J connectivity index is 2.93. The van der Waals surface area contributed by atoms with E-state index in [4.69, 9.17) is 5.11 Å². The van der Waals surface area contributed by atoms with E-state index in [0.717, 1.165) is 4.31 Å². The van der Waals surface area contributed by atoms with Gasteiger partial charge in [0.15, 0.2) is 0 Å². The smallest absolute Gasteiger partial charge is 0.242 e. The van der Waals surface area contributed by atoms with Gasteiger partial charge in [0.25, 0.3) is 0 Å². The molecule has 1 rings (SSSR count). The number of sulfonamides is 1. The zero-order valence-corrected chi connectivity index (χ0v) is 13.3. The summed E-state index contributed by atoms with van der Waals surface area (Å²) in [7, 11) is -2.20. The molecule has 0 atom stereocenters. The number of hydrogen-bond acceptors (Lipinski definition) is 4. The second kappa shape index (κ2) is 7.05. The molecule has 5 nitrogen and oxygen atoms in total. The van der Waals surface area contributed by atoms with Crippen LogP contribution in [0.2, 0.25) is 0 Å². The summed E-state index contributed by atoms with van der Waals surface area (Å²) in [6, 6.07) is 6.21. The van der Waals surface area contributed by atoms with Gasteiger partial charge in [0, 0.05) is 25.6 Å². The molecular formula is C15H21NO4S. The molecule has 1 aromatic rings. The number of hydrogen-bond donors (Lipinski definition) is 2. The average Bonchev–Trinajstić information content (AvgIpc) is 2.37. The summed E-state index contributed by atoms with van der Waals surface area (Å²) in [6.45, 7) is 3.12. The summed E-state index contributed by atoms with van der Waals surface area (Å²) in [5.41, 5.74) is -0.412.